The van der Waals surface area contributed by atoms with Gasteiger partial charge < -0.3 is 4.74 Å². The van der Waals surface area contributed by atoms with Crippen LogP contribution in [-0.2, 0) is 14.8 Å². The van der Waals surface area contributed by atoms with Crippen LogP contribution in [0.2, 0.25) is 0 Å². The van der Waals surface area contributed by atoms with Crippen LogP contribution >= 0.6 is 0 Å². The lowest BCUT2D eigenvalue weighted by Gasteiger charge is -2.10. The molecule has 0 saturated heterocycles. The van der Waals surface area contributed by atoms with E-state index in [0.717, 1.165) is 0 Å². The Balaban J connectivity index is 2.97. The van der Waals surface area contributed by atoms with Gasteiger partial charge in [-0.05, 0) is 16.7 Å². The number of methoxy groups -OCH3 is 1. The molecule has 0 spiro atoms. The highest BCUT2D eigenvalue weighted by Gasteiger charge is 2.23. The number of hydrogen-bond acceptors (Lipinski definition) is 3. The fourth-order valence-electron chi connectivity index (χ4n) is 0.878. The summed E-state index contributed by atoms with van der Waals surface area (Å²) in [5, 5.41) is 0. The van der Waals surface area contributed by atoms with Crippen LogP contribution in [0.1, 0.15) is 0 Å². The lowest BCUT2D eigenvalue weighted by molar-refractivity contribution is 0.00825. The van der Waals surface area contributed by atoms with Crippen molar-refractivity contribution in [3.63, 3.8) is 0 Å². The Bertz CT molecular complexity index is 379. The first-order valence-electron chi connectivity index (χ1n) is 3.81. The molecular formula is C8H10FNO3S. The van der Waals surface area contributed by atoms with E-state index in [9.17, 15) is 12.9 Å². The van der Waals surface area contributed by atoms with Crippen molar-refractivity contribution in [2.45, 2.75) is 4.90 Å². The van der Waals surface area contributed by atoms with Gasteiger partial charge in [-0.15, -0.1) is 4.48 Å². The first-order valence-corrected chi connectivity index (χ1v) is 5.25. The molecule has 0 aromatic heterocycles. The van der Waals surface area contributed by atoms with E-state index in [0.29, 0.717) is 0 Å². The number of hydrogen-bond donors (Lipinski definition) is 0. The number of ether oxygens (including phenoxy) is 1. The molecular weight excluding hydrogens is 209 g/mol. The van der Waals surface area contributed by atoms with Crippen molar-refractivity contribution in [1.29, 1.82) is 0 Å². The topological polar surface area (TPSA) is 46.6 Å². The molecule has 0 aliphatic carbocycles. The summed E-state index contributed by atoms with van der Waals surface area (Å²) < 4.78 is 39.8. The molecule has 4 nitrogen and oxygen atoms in total. The van der Waals surface area contributed by atoms with Gasteiger partial charge in [0, 0.05) is 7.11 Å². The summed E-state index contributed by atoms with van der Waals surface area (Å²) in [7, 11) is -2.84. The summed E-state index contributed by atoms with van der Waals surface area (Å²) in [5.41, 5.74) is 0. The summed E-state index contributed by atoms with van der Waals surface area (Å²) in [6, 6.07) is 7.33. The Kier molecular flexibility index (Phi) is 3.56. The molecule has 1 rings (SSSR count). The van der Waals surface area contributed by atoms with Crippen molar-refractivity contribution in [1.82, 2.24) is 4.53 Å². The molecule has 1 aromatic rings. The normalized spacial score (nSPS) is 11.9. The smallest absolute Gasteiger partial charge is 0.271 e. The fraction of sp³-hybridized carbons (Fsp3) is 0.250. The number of benzene rings is 1. The largest absolute Gasteiger partial charge is 0.366 e. The third kappa shape index (κ3) is 2.28. The van der Waals surface area contributed by atoms with Gasteiger partial charge in [0.2, 0.25) is 0 Å². The van der Waals surface area contributed by atoms with Crippen LogP contribution in [0.5, 0.6) is 0 Å². The molecule has 0 fully saturated rings. The maximum Gasteiger partial charge on any atom is 0.271 e. The van der Waals surface area contributed by atoms with Gasteiger partial charge in [-0.25, -0.2) is 8.42 Å². The summed E-state index contributed by atoms with van der Waals surface area (Å²) in [4.78, 5) is -0.0976. The van der Waals surface area contributed by atoms with Gasteiger partial charge in [0.1, 0.15) is 6.73 Å². The van der Waals surface area contributed by atoms with Gasteiger partial charge >= 0.3 is 0 Å². The number of halogens is 1. The Labute approximate surface area is 81.9 Å². The van der Waals surface area contributed by atoms with Crippen molar-refractivity contribution >= 4 is 10.0 Å². The van der Waals surface area contributed by atoms with E-state index in [1.54, 1.807) is 6.07 Å². The Morgan fingerprint density at radius 1 is 1.36 bits per heavy atom. The standard InChI is InChI=1S/C8H10FNO3S/c1-13-7-10(9)14(11,12)8-5-3-2-4-6-8/h2-6H,7H2,1H3. The van der Waals surface area contributed by atoms with Crippen molar-refractivity contribution < 1.29 is 17.6 Å². The maximum absolute atomic E-state index is 13.0. The van der Waals surface area contributed by atoms with Crippen LogP contribution < -0.4 is 0 Å². The van der Waals surface area contributed by atoms with Crippen LogP contribution in [0.4, 0.5) is 4.48 Å². The van der Waals surface area contributed by atoms with E-state index in [4.69, 9.17) is 0 Å². The minimum atomic E-state index is -4.06. The molecule has 0 N–H and O–H groups in total. The van der Waals surface area contributed by atoms with E-state index in [1.165, 1.54) is 31.4 Å². The number of nitrogens with zero attached hydrogens (tertiary/aromatic N) is 1. The molecule has 6 heteroatoms. The summed E-state index contributed by atoms with van der Waals surface area (Å²) >= 11 is 0. The second kappa shape index (κ2) is 4.50. The van der Waals surface area contributed by atoms with E-state index in [-0.39, 0.29) is 9.42 Å². The zero-order valence-corrected chi connectivity index (χ0v) is 8.37. The predicted molar refractivity (Wildman–Crippen MR) is 48.5 cm³/mol. The van der Waals surface area contributed by atoms with E-state index in [1.807, 2.05) is 0 Å². The van der Waals surface area contributed by atoms with Gasteiger partial charge in [-0.2, -0.15) is 0 Å². The van der Waals surface area contributed by atoms with E-state index < -0.39 is 16.8 Å². The molecule has 0 heterocycles. The van der Waals surface area contributed by atoms with Crippen LogP contribution in [0.25, 0.3) is 0 Å². The molecule has 0 radical (unpaired) electrons. The Hall–Kier alpha value is -0.980. The van der Waals surface area contributed by atoms with E-state index in [2.05, 4.69) is 4.74 Å². The third-order valence-electron chi connectivity index (χ3n) is 1.53. The lowest BCUT2D eigenvalue weighted by atomic mass is 10.4. The summed E-state index contributed by atoms with van der Waals surface area (Å²) in [6.07, 6.45) is 0. The predicted octanol–water partition coefficient (Wildman–Crippen LogP) is 1.17. The van der Waals surface area contributed by atoms with Gasteiger partial charge in [0.15, 0.2) is 0 Å². The monoisotopic (exact) mass is 219 g/mol. The highest BCUT2D eigenvalue weighted by Crippen LogP contribution is 2.14. The molecule has 0 atom stereocenters. The van der Waals surface area contributed by atoms with Crippen LogP contribution in [0.15, 0.2) is 35.2 Å². The zero-order chi connectivity index (χ0) is 10.6. The first-order chi connectivity index (χ1) is 6.59. The van der Waals surface area contributed by atoms with Gasteiger partial charge in [0.25, 0.3) is 10.0 Å². The molecule has 14 heavy (non-hydrogen) atoms. The van der Waals surface area contributed by atoms with Crippen LogP contribution in [0.3, 0.4) is 0 Å². The third-order valence-corrected chi connectivity index (χ3v) is 3.03. The quantitative estimate of drug-likeness (QED) is 0.564. The van der Waals surface area contributed by atoms with Crippen LogP contribution in [-0.4, -0.2) is 26.8 Å². The zero-order valence-electron chi connectivity index (χ0n) is 7.55. The lowest BCUT2D eigenvalue weighted by Crippen LogP contribution is -2.24. The SMILES string of the molecule is COCN(F)S(=O)(=O)c1ccccc1. The van der Waals surface area contributed by atoms with Gasteiger partial charge in [-0.3, -0.25) is 0 Å². The second-order valence-electron chi connectivity index (χ2n) is 2.52. The highest BCUT2D eigenvalue weighted by atomic mass is 32.2. The maximum atomic E-state index is 13.0. The van der Waals surface area contributed by atoms with Crippen LogP contribution in [0, 0.1) is 0 Å². The summed E-state index contributed by atoms with van der Waals surface area (Å²) in [6.45, 7) is -0.614. The molecule has 0 saturated carbocycles. The average molecular weight is 219 g/mol. The van der Waals surface area contributed by atoms with Crippen molar-refractivity contribution in [2.24, 2.45) is 0 Å². The number of sulfonamides is 1. The highest BCUT2D eigenvalue weighted by molar-refractivity contribution is 7.89. The van der Waals surface area contributed by atoms with Crippen molar-refractivity contribution in [3.05, 3.63) is 30.3 Å². The molecule has 1 aromatic carbocycles. The second-order valence-corrected chi connectivity index (χ2v) is 4.34. The van der Waals surface area contributed by atoms with E-state index >= 15 is 0 Å². The minimum Gasteiger partial charge on any atom is -0.366 e. The molecule has 0 amide bonds. The molecule has 0 aliphatic heterocycles. The Morgan fingerprint density at radius 2 is 1.93 bits per heavy atom. The first kappa shape index (κ1) is 11.1. The van der Waals surface area contributed by atoms with Gasteiger partial charge in [-0.1, -0.05) is 18.2 Å². The number of rotatable bonds is 4. The van der Waals surface area contributed by atoms with Crippen molar-refractivity contribution in [3.8, 4) is 0 Å². The molecule has 0 bridgehead atoms. The summed E-state index contributed by atoms with van der Waals surface area (Å²) in [5.74, 6) is 0. The van der Waals surface area contributed by atoms with Crippen molar-refractivity contribution in [2.75, 3.05) is 13.8 Å². The fourth-order valence-corrected chi connectivity index (χ4v) is 1.85. The molecule has 0 unspecified atom stereocenters. The average Bonchev–Trinajstić information content (AvgIpc) is 2.19. The molecule has 78 valence electrons. The Morgan fingerprint density at radius 3 is 2.43 bits per heavy atom. The van der Waals surface area contributed by atoms with Gasteiger partial charge in [0.05, 0.1) is 4.90 Å². The molecule has 0 aliphatic rings. The minimum absolute atomic E-state index is 0.0976.